The number of halogens is 4. The van der Waals surface area contributed by atoms with Crippen LogP contribution in [0, 0.1) is 5.92 Å². The predicted molar refractivity (Wildman–Crippen MR) is 81.2 cm³/mol. The van der Waals surface area contributed by atoms with Crippen molar-refractivity contribution < 1.29 is 33.2 Å². The minimum Gasteiger partial charge on any atom is -0.319 e. The monoisotopic (exact) mass is 380 g/mol. The number of rotatable bonds is 5. The number of alkyl halides is 3. The Morgan fingerprint density at radius 1 is 1.52 bits per heavy atom. The molecule has 0 radical (unpaired) electrons. The number of hydrogen-bond donors (Lipinski definition) is 4. The summed E-state index contributed by atoms with van der Waals surface area (Å²) in [6.07, 6.45) is -3.73. The van der Waals surface area contributed by atoms with Crippen LogP contribution in [0.1, 0.15) is 5.56 Å². The van der Waals surface area contributed by atoms with Gasteiger partial charge in [-0.25, -0.2) is 9.78 Å². The quantitative estimate of drug-likeness (QED) is 0.380. The van der Waals surface area contributed by atoms with Crippen LogP contribution >= 0.6 is 11.6 Å². The lowest BCUT2D eigenvalue weighted by Gasteiger charge is -2.29. The average Bonchev–Trinajstić information content (AvgIpc) is 2.49. The molecule has 12 heteroatoms. The molecule has 1 aliphatic heterocycles. The van der Waals surface area contributed by atoms with Gasteiger partial charge in [-0.1, -0.05) is 11.6 Å². The average molecular weight is 381 g/mol. The Bertz CT molecular complexity index is 711. The number of nitrogens with one attached hydrogen (secondary N) is 3. The van der Waals surface area contributed by atoms with Gasteiger partial charge in [0.25, 0.3) is 11.7 Å². The number of urea groups is 1. The number of nitrogens with two attached hydrogens (primary N) is 2. The molecule has 2 heterocycles. The molecule has 0 aromatic carbocycles. The zero-order valence-corrected chi connectivity index (χ0v) is 13.5. The van der Waals surface area contributed by atoms with Gasteiger partial charge in [0.1, 0.15) is 17.8 Å². The lowest BCUT2D eigenvalue weighted by atomic mass is 10.1. The molecule has 0 bridgehead atoms. The van der Waals surface area contributed by atoms with E-state index < -0.39 is 29.6 Å². The highest BCUT2D eigenvalue weighted by atomic mass is 35.5. The van der Waals surface area contributed by atoms with Crippen LogP contribution in [-0.2, 0) is 11.0 Å². The maximum atomic E-state index is 12.6. The van der Waals surface area contributed by atoms with Crippen molar-refractivity contribution in [2.75, 3.05) is 25.0 Å². The fourth-order valence-corrected chi connectivity index (χ4v) is 2.43. The first-order valence-corrected chi connectivity index (χ1v) is 7.47. The SMILES string of the molecule is NC(=[NH2+])[C@@H]1CN(CCNc2[nH+]cc(C(F)(F)F)cc2Cl)C(=O)NC1=O. The second kappa shape index (κ2) is 7.13. The van der Waals surface area contributed by atoms with Crippen molar-refractivity contribution in [2.45, 2.75) is 6.18 Å². The summed E-state index contributed by atoms with van der Waals surface area (Å²) in [5.74, 6) is -1.33. The maximum Gasteiger partial charge on any atom is 0.419 e. The Kier molecular flexibility index (Phi) is 5.36. The summed E-state index contributed by atoms with van der Waals surface area (Å²) in [6, 6.07) is 0.180. The van der Waals surface area contributed by atoms with E-state index in [2.05, 4.69) is 15.6 Å². The topological polar surface area (TPSA) is 127 Å². The van der Waals surface area contributed by atoms with Gasteiger partial charge in [0, 0.05) is 6.54 Å². The number of hydrogen-bond acceptors (Lipinski definition) is 3. The highest BCUT2D eigenvalue weighted by molar-refractivity contribution is 6.32. The first-order valence-electron chi connectivity index (χ1n) is 7.09. The first kappa shape index (κ1) is 18.8. The van der Waals surface area contributed by atoms with Crippen molar-refractivity contribution in [1.29, 1.82) is 0 Å². The third kappa shape index (κ3) is 4.50. The minimum absolute atomic E-state index is 0.0130. The number of pyridine rings is 1. The highest BCUT2D eigenvalue weighted by Crippen LogP contribution is 2.31. The van der Waals surface area contributed by atoms with E-state index in [1.165, 1.54) is 4.90 Å². The summed E-state index contributed by atoms with van der Waals surface area (Å²) in [7, 11) is 0. The van der Waals surface area contributed by atoms with E-state index in [9.17, 15) is 22.8 Å². The third-order valence-corrected chi connectivity index (χ3v) is 3.84. The standard InChI is InChI=1S/C13H14ClF3N6O2/c14-8-3-6(13(15,16)17)4-21-10(8)20-1-2-23-5-7(9(18)19)11(24)22-12(23)25/h3-4,7H,1-2,5H2,(H3,18,19)(H,20,21)(H,22,24,25)/p+2/t7-/m0/s1. The van der Waals surface area contributed by atoms with Gasteiger partial charge in [0.2, 0.25) is 5.91 Å². The third-order valence-electron chi connectivity index (χ3n) is 3.54. The molecule has 8 nitrogen and oxygen atoms in total. The fraction of sp³-hybridized carbons (Fsp3) is 0.385. The molecule has 0 saturated carbocycles. The first-order chi connectivity index (χ1) is 11.6. The van der Waals surface area contributed by atoms with Crippen molar-refractivity contribution >= 4 is 35.2 Å². The normalized spacial score (nSPS) is 18.1. The van der Waals surface area contributed by atoms with E-state index in [0.29, 0.717) is 0 Å². The molecule has 1 aromatic rings. The van der Waals surface area contributed by atoms with Gasteiger partial charge in [-0.15, -0.1) is 0 Å². The van der Waals surface area contributed by atoms with E-state index in [-0.39, 0.29) is 36.3 Å². The summed E-state index contributed by atoms with van der Waals surface area (Å²) in [5, 5.41) is 10.2. The van der Waals surface area contributed by atoms with Crippen LogP contribution < -0.4 is 26.8 Å². The van der Waals surface area contributed by atoms with Crippen LogP contribution in [0.3, 0.4) is 0 Å². The fourth-order valence-electron chi connectivity index (χ4n) is 2.19. The van der Waals surface area contributed by atoms with E-state index in [4.69, 9.17) is 22.7 Å². The molecule has 1 aromatic heterocycles. The number of aromatic nitrogens is 1. The van der Waals surface area contributed by atoms with E-state index in [0.717, 1.165) is 12.3 Å². The maximum absolute atomic E-state index is 12.6. The van der Waals surface area contributed by atoms with Gasteiger partial charge >= 0.3 is 12.2 Å². The summed E-state index contributed by atoms with van der Waals surface area (Å²) in [4.78, 5) is 27.0. The molecule has 7 N–H and O–H groups in total. The molecule has 3 amide bonds. The predicted octanol–water partition coefficient (Wildman–Crippen LogP) is -1.13. The summed E-state index contributed by atoms with van der Waals surface area (Å²) in [6.45, 7) is 0.327. The Balaban J connectivity index is 1.95. The minimum atomic E-state index is -4.51. The number of H-pyrrole nitrogens is 1. The Morgan fingerprint density at radius 3 is 2.76 bits per heavy atom. The molecule has 1 aliphatic rings. The number of nitrogens with zero attached hydrogens (tertiary/aromatic N) is 1. The van der Waals surface area contributed by atoms with Crippen LogP contribution in [0.2, 0.25) is 5.02 Å². The summed E-state index contributed by atoms with van der Waals surface area (Å²) < 4.78 is 37.7. The van der Waals surface area contributed by atoms with Crippen LogP contribution in [0.5, 0.6) is 0 Å². The molecular formula is C13H16ClF3N6O2+2. The van der Waals surface area contributed by atoms with Gasteiger partial charge in [0.05, 0.1) is 12.1 Å². The van der Waals surface area contributed by atoms with Crippen LogP contribution in [0.25, 0.3) is 0 Å². The largest absolute Gasteiger partial charge is 0.419 e. The molecule has 1 fully saturated rings. The van der Waals surface area contributed by atoms with Crippen molar-refractivity contribution in [3.8, 4) is 0 Å². The van der Waals surface area contributed by atoms with E-state index in [1.807, 2.05) is 0 Å². The van der Waals surface area contributed by atoms with Crippen LogP contribution in [0.4, 0.5) is 23.8 Å². The molecule has 1 saturated heterocycles. The van der Waals surface area contributed by atoms with Crippen molar-refractivity contribution in [2.24, 2.45) is 11.7 Å². The molecule has 0 spiro atoms. The molecule has 1 atom stereocenters. The van der Waals surface area contributed by atoms with Crippen molar-refractivity contribution in [3.63, 3.8) is 0 Å². The van der Waals surface area contributed by atoms with Gasteiger partial charge in [-0.3, -0.25) is 26.6 Å². The van der Waals surface area contributed by atoms with Crippen LogP contribution in [0.15, 0.2) is 12.3 Å². The van der Waals surface area contributed by atoms with Crippen molar-refractivity contribution in [1.82, 2.24) is 10.2 Å². The Hall–Kier alpha value is -2.56. The van der Waals surface area contributed by atoms with Gasteiger partial charge in [-0.2, -0.15) is 13.2 Å². The second-order valence-electron chi connectivity index (χ2n) is 5.33. The Morgan fingerprint density at radius 2 is 2.20 bits per heavy atom. The van der Waals surface area contributed by atoms with Crippen LogP contribution in [-0.4, -0.2) is 42.3 Å². The Labute approximate surface area is 145 Å². The van der Waals surface area contributed by atoms with E-state index >= 15 is 0 Å². The molecule has 25 heavy (non-hydrogen) atoms. The van der Waals surface area contributed by atoms with Crippen molar-refractivity contribution in [3.05, 3.63) is 22.8 Å². The highest BCUT2D eigenvalue weighted by Gasteiger charge is 2.36. The molecule has 136 valence electrons. The number of aromatic amines is 1. The number of imide groups is 1. The summed E-state index contributed by atoms with van der Waals surface area (Å²) in [5.41, 5.74) is 4.51. The summed E-state index contributed by atoms with van der Waals surface area (Å²) >= 11 is 5.80. The number of carbonyl (C=O) groups excluding carboxylic acids is 2. The molecule has 0 aliphatic carbocycles. The molecule has 0 unspecified atom stereocenters. The second-order valence-corrected chi connectivity index (χ2v) is 5.74. The molecular weight excluding hydrogens is 365 g/mol. The van der Waals surface area contributed by atoms with Gasteiger partial charge in [0.15, 0.2) is 5.92 Å². The molecule has 2 rings (SSSR count). The number of amidine groups is 1. The lowest BCUT2D eigenvalue weighted by Crippen LogP contribution is -2.63. The number of amides is 3. The number of anilines is 1. The van der Waals surface area contributed by atoms with E-state index in [1.54, 1.807) is 0 Å². The van der Waals surface area contributed by atoms with Gasteiger partial charge in [-0.05, 0) is 6.07 Å². The van der Waals surface area contributed by atoms with Gasteiger partial charge < -0.3 is 4.90 Å². The smallest absolute Gasteiger partial charge is 0.319 e. The lowest BCUT2D eigenvalue weighted by molar-refractivity contribution is -0.364. The number of carbonyl (C=O) groups is 2. The zero-order valence-electron chi connectivity index (χ0n) is 12.8. The zero-order chi connectivity index (χ0) is 18.8.